The zero-order chi connectivity index (χ0) is 29.1. The highest BCUT2D eigenvalue weighted by Gasteiger charge is 2.38. The summed E-state index contributed by atoms with van der Waals surface area (Å²) in [4.78, 5) is 41.5. The van der Waals surface area contributed by atoms with Crippen molar-refractivity contribution in [2.75, 3.05) is 9.80 Å². The molecule has 41 heavy (non-hydrogen) atoms. The van der Waals surface area contributed by atoms with Crippen LogP contribution in [-0.4, -0.2) is 28.9 Å². The molecule has 1 aliphatic heterocycles. The van der Waals surface area contributed by atoms with Crippen molar-refractivity contribution < 1.29 is 24.2 Å². The zero-order valence-corrected chi connectivity index (χ0v) is 23.4. The van der Waals surface area contributed by atoms with Gasteiger partial charge in [-0.1, -0.05) is 41.9 Å². The van der Waals surface area contributed by atoms with E-state index in [9.17, 15) is 19.5 Å². The summed E-state index contributed by atoms with van der Waals surface area (Å²) < 4.78 is 5.83. The molecule has 0 aliphatic carbocycles. The normalized spacial score (nSPS) is 16.0. The molecule has 0 bridgehead atoms. The number of carbonyl (C=O) groups is 3. The van der Waals surface area contributed by atoms with Gasteiger partial charge in [-0.2, -0.15) is 0 Å². The maximum Gasteiger partial charge on any atom is 0.335 e. The van der Waals surface area contributed by atoms with Gasteiger partial charge in [-0.15, -0.1) is 0 Å². The van der Waals surface area contributed by atoms with Crippen LogP contribution in [0.1, 0.15) is 58.2 Å². The number of carbonyl (C=O) groups excluding carboxylic acids is 2. The van der Waals surface area contributed by atoms with Crippen LogP contribution in [-0.2, 0) is 11.4 Å². The number of hydrogen-bond acceptors (Lipinski definition) is 4. The van der Waals surface area contributed by atoms with E-state index in [0.29, 0.717) is 22.8 Å². The van der Waals surface area contributed by atoms with E-state index in [1.54, 1.807) is 71.3 Å². The summed E-state index contributed by atoms with van der Waals surface area (Å²) in [5, 5.41) is 9.79. The van der Waals surface area contributed by atoms with E-state index in [0.717, 1.165) is 22.5 Å². The maximum absolute atomic E-state index is 13.8. The average Bonchev–Trinajstić information content (AvgIpc) is 2.97. The predicted octanol–water partition coefficient (Wildman–Crippen LogP) is 7.15. The molecule has 7 nitrogen and oxygen atoms in total. The number of carboxylic acids is 1. The second-order valence-corrected chi connectivity index (χ2v) is 10.5. The number of rotatable bonds is 7. The molecule has 2 amide bonds. The van der Waals surface area contributed by atoms with Gasteiger partial charge in [-0.25, -0.2) is 4.79 Å². The van der Waals surface area contributed by atoms with Gasteiger partial charge in [0.1, 0.15) is 12.4 Å². The molecule has 0 spiro atoms. The Balaban J connectivity index is 1.37. The third-order valence-corrected chi connectivity index (χ3v) is 7.47. The number of ether oxygens (including phenoxy) is 1. The van der Waals surface area contributed by atoms with E-state index >= 15 is 0 Å². The SMILES string of the molecule is CC(=O)N(c1ccc(Cl)cc1)C1CC(C)N(C(=O)c2ccc(OCc3cccc(C(=O)O)c3)cc2)c2ccccc21. The molecule has 1 N–H and O–H groups in total. The van der Waals surface area contributed by atoms with Crippen LogP contribution in [0.15, 0.2) is 97.1 Å². The number of nitrogens with zero attached hydrogens (tertiary/aromatic N) is 2. The van der Waals surface area contributed by atoms with Gasteiger partial charge in [0, 0.05) is 34.9 Å². The molecule has 2 atom stereocenters. The molecular formula is C33H29ClN2O5. The summed E-state index contributed by atoms with van der Waals surface area (Å²) in [6.07, 6.45) is 0.557. The van der Waals surface area contributed by atoms with E-state index in [1.807, 2.05) is 43.3 Å². The highest BCUT2D eigenvalue weighted by molar-refractivity contribution is 6.30. The van der Waals surface area contributed by atoms with Crippen molar-refractivity contribution in [2.45, 2.75) is 39.0 Å². The molecule has 4 aromatic carbocycles. The maximum atomic E-state index is 13.8. The predicted molar refractivity (Wildman–Crippen MR) is 159 cm³/mol. The first-order chi connectivity index (χ1) is 19.7. The van der Waals surface area contributed by atoms with Crippen LogP contribution in [0, 0.1) is 0 Å². The first-order valence-corrected chi connectivity index (χ1v) is 13.6. The Morgan fingerprint density at radius 2 is 1.63 bits per heavy atom. The largest absolute Gasteiger partial charge is 0.489 e. The number of anilines is 2. The summed E-state index contributed by atoms with van der Waals surface area (Å²) in [5.41, 5.74) is 3.85. The summed E-state index contributed by atoms with van der Waals surface area (Å²) in [6.45, 7) is 3.74. The zero-order valence-electron chi connectivity index (χ0n) is 22.7. The van der Waals surface area contributed by atoms with E-state index in [-0.39, 0.29) is 36.1 Å². The fourth-order valence-corrected chi connectivity index (χ4v) is 5.44. The summed E-state index contributed by atoms with van der Waals surface area (Å²) in [7, 11) is 0. The van der Waals surface area contributed by atoms with E-state index in [2.05, 4.69) is 0 Å². The number of amides is 2. The van der Waals surface area contributed by atoms with Crippen LogP contribution >= 0.6 is 11.6 Å². The lowest BCUT2D eigenvalue weighted by Gasteiger charge is -2.43. The smallest absolute Gasteiger partial charge is 0.335 e. The minimum Gasteiger partial charge on any atom is -0.489 e. The summed E-state index contributed by atoms with van der Waals surface area (Å²) in [6, 6.07) is 28.0. The Labute approximate surface area is 243 Å². The Morgan fingerprint density at radius 3 is 2.32 bits per heavy atom. The highest BCUT2D eigenvalue weighted by atomic mass is 35.5. The molecule has 0 aromatic heterocycles. The van der Waals surface area contributed by atoms with Crippen LogP contribution in [0.5, 0.6) is 5.75 Å². The van der Waals surface area contributed by atoms with Crippen LogP contribution in [0.3, 0.4) is 0 Å². The van der Waals surface area contributed by atoms with Crippen molar-refractivity contribution in [3.63, 3.8) is 0 Å². The quantitative estimate of drug-likeness (QED) is 0.256. The number of aromatic carboxylic acids is 1. The van der Waals surface area contributed by atoms with Crippen molar-refractivity contribution in [3.8, 4) is 5.75 Å². The van der Waals surface area contributed by atoms with Gasteiger partial charge in [0.05, 0.1) is 11.6 Å². The van der Waals surface area contributed by atoms with Gasteiger partial charge in [0.25, 0.3) is 5.91 Å². The van der Waals surface area contributed by atoms with Crippen molar-refractivity contribution in [1.29, 1.82) is 0 Å². The fraction of sp³-hybridized carbons (Fsp3) is 0.182. The first-order valence-electron chi connectivity index (χ1n) is 13.3. The molecule has 1 aliphatic rings. The third kappa shape index (κ3) is 5.95. The van der Waals surface area contributed by atoms with Crippen molar-refractivity contribution in [3.05, 3.63) is 124 Å². The van der Waals surface area contributed by atoms with Crippen molar-refractivity contribution in [2.24, 2.45) is 0 Å². The Bertz CT molecular complexity index is 1590. The Hall–Kier alpha value is -4.62. The first kappa shape index (κ1) is 27.9. The van der Waals surface area contributed by atoms with E-state index < -0.39 is 5.97 Å². The minimum atomic E-state index is -0.992. The van der Waals surface area contributed by atoms with Crippen LogP contribution in [0.25, 0.3) is 0 Å². The molecule has 4 aromatic rings. The number of benzene rings is 4. The number of carboxylic acid groups (broad SMARTS) is 1. The summed E-state index contributed by atoms with van der Waals surface area (Å²) in [5.74, 6) is -0.669. The van der Waals surface area contributed by atoms with E-state index in [4.69, 9.17) is 16.3 Å². The molecule has 5 rings (SSSR count). The van der Waals surface area contributed by atoms with Crippen LogP contribution in [0.4, 0.5) is 11.4 Å². The van der Waals surface area contributed by atoms with Gasteiger partial charge in [-0.3, -0.25) is 9.59 Å². The fourth-order valence-electron chi connectivity index (χ4n) is 5.31. The molecule has 0 saturated heterocycles. The summed E-state index contributed by atoms with van der Waals surface area (Å²) >= 11 is 6.09. The van der Waals surface area contributed by atoms with Crippen molar-refractivity contribution >= 4 is 40.8 Å². The van der Waals surface area contributed by atoms with Crippen LogP contribution in [0.2, 0.25) is 5.02 Å². The van der Waals surface area contributed by atoms with E-state index in [1.165, 1.54) is 6.07 Å². The molecule has 8 heteroatoms. The van der Waals surface area contributed by atoms with Gasteiger partial charge in [0.15, 0.2) is 0 Å². The third-order valence-electron chi connectivity index (χ3n) is 7.22. The van der Waals surface area contributed by atoms with Gasteiger partial charge in [0.2, 0.25) is 5.91 Å². The standard InChI is InChI=1S/C33H29ClN2O5/c1-21-18-31(36(22(2)37)27-14-12-26(34)13-15-27)29-8-3-4-9-30(29)35(21)32(38)24-10-16-28(17-11-24)41-20-23-6-5-7-25(19-23)33(39)40/h3-17,19,21,31H,18,20H2,1-2H3,(H,39,40). The Morgan fingerprint density at radius 1 is 0.927 bits per heavy atom. The number of para-hydroxylation sites is 1. The van der Waals surface area contributed by atoms with Gasteiger partial charge in [-0.05, 0) is 91.2 Å². The second kappa shape index (κ2) is 11.9. The molecule has 2 unspecified atom stereocenters. The Kier molecular flexibility index (Phi) is 8.08. The number of halogens is 1. The van der Waals surface area contributed by atoms with Crippen LogP contribution < -0.4 is 14.5 Å². The minimum absolute atomic E-state index is 0.0932. The highest BCUT2D eigenvalue weighted by Crippen LogP contribution is 2.43. The lowest BCUT2D eigenvalue weighted by Crippen LogP contribution is -2.47. The molecule has 0 saturated carbocycles. The topological polar surface area (TPSA) is 87.2 Å². The van der Waals surface area contributed by atoms with Gasteiger partial charge >= 0.3 is 5.97 Å². The second-order valence-electron chi connectivity index (χ2n) is 10.0. The molecular weight excluding hydrogens is 540 g/mol. The van der Waals surface area contributed by atoms with Crippen molar-refractivity contribution in [1.82, 2.24) is 0 Å². The number of fused-ring (bicyclic) bond motifs is 1. The number of hydrogen-bond donors (Lipinski definition) is 1. The lowest BCUT2D eigenvalue weighted by molar-refractivity contribution is -0.117. The lowest BCUT2D eigenvalue weighted by atomic mass is 9.89. The molecule has 0 fully saturated rings. The molecule has 208 valence electrons. The average molecular weight is 569 g/mol. The monoisotopic (exact) mass is 568 g/mol. The molecule has 1 heterocycles. The molecule has 0 radical (unpaired) electrons. The van der Waals surface area contributed by atoms with Gasteiger partial charge < -0.3 is 19.6 Å².